The van der Waals surface area contributed by atoms with Gasteiger partial charge in [0.15, 0.2) is 17.3 Å². The van der Waals surface area contributed by atoms with Gasteiger partial charge in [-0.2, -0.15) is 0 Å². The number of carbonyl (C=O) groups excluding carboxylic acids is 2. The highest BCUT2D eigenvalue weighted by atomic mass is 19.1. The summed E-state index contributed by atoms with van der Waals surface area (Å²) >= 11 is 0. The third kappa shape index (κ3) is 2.74. The SMILES string of the molecule is NC(=O)Oc1cccc(C(=O)c2ccc(N)cc2)c1F. The van der Waals surface area contributed by atoms with E-state index in [9.17, 15) is 14.0 Å². The normalized spacial score (nSPS) is 10.1. The van der Waals surface area contributed by atoms with Crippen molar-refractivity contribution in [1.29, 1.82) is 0 Å². The van der Waals surface area contributed by atoms with Crippen LogP contribution >= 0.6 is 0 Å². The number of primary amides is 1. The van der Waals surface area contributed by atoms with Crippen molar-refractivity contribution in [2.75, 3.05) is 5.73 Å². The Balaban J connectivity index is 2.39. The molecular formula is C14H11FN2O3. The molecule has 0 fully saturated rings. The molecule has 0 bridgehead atoms. The summed E-state index contributed by atoms with van der Waals surface area (Å²) in [6.07, 6.45) is -1.15. The maximum Gasteiger partial charge on any atom is 0.410 e. The van der Waals surface area contributed by atoms with Gasteiger partial charge in [-0.3, -0.25) is 4.79 Å². The molecule has 0 aliphatic heterocycles. The minimum Gasteiger partial charge on any atom is -0.407 e. The second-order valence-corrected chi connectivity index (χ2v) is 3.99. The number of carbonyl (C=O) groups is 2. The average Bonchev–Trinajstić information content (AvgIpc) is 2.41. The number of nitrogens with two attached hydrogens (primary N) is 2. The molecule has 1 amide bonds. The highest BCUT2D eigenvalue weighted by Gasteiger charge is 2.18. The number of ketones is 1. The molecule has 6 heteroatoms. The summed E-state index contributed by atoms with van der Waals surface area (Å²) in [6, 6.07) is 9.94. The van der Waals surface area contributed by atoms with E-state index in [0.29, 0.717) is 5.69 Å². The highest BCUT2D eigenvalue weighted by Crippen LogP contribution is 2.23. The number of ether oxygens (including phenoxy) is 1. The molecule has 20 heavy (non-hydrogen) atoms. The van der Waals surface area contributed by atoms with E-state index < -0.39 is 23.4 Å². The van der Waals surface area contributed by atoms with Crippen molar-refractivity contribution in [2.45, 2.75) is 0 Å². The van der Waals surface area contributed by atoms with E-state index in [1.54, 1.807) is 0 Å². The number of anilines is 1. The topological polar surface area (TPSA) is 95.4 Å². The molecule has 0 unspecified atom stereocenters. The van der Waals surface area contributed by atoms with Crippen LogP contribution in [0.5, 0.6) is 5.75 Å². The van der Waals surface area contributed by atoms with E-state index >= 15 is 0 Å². The van der Waals surface area contributed by atoms with Crippen molar-refractivity contribution < 1.29 is 18.7 Å². The van der Waals surface area contributed by atoms with Crippen LogP contribution in [0.2, 0.25) is 0 Å². The largest absolute Gasteiger partial charge is 0.410 e. The number of hydrogen-bond acceptors (Lipinski definition) is 4. The molecule has 102 valence electrons. The Morgan fingerprint density at radius 2 is 1.70 bits per heavy atom. The van der Waals surface area contributed by atoms with Gasteiger partial charge in [-0.15, -0.1) is 0 Å². The summed E-state index contributed by atoms with van der Waals surface area (Å²) in [5, 5.41) is 0. The van der Waals surface area contributed by atoms with Crippen LogP contribution in [0.4, 0.5) is 14.9 Å². The quantitative estimate of drug-likeness (QED) is 0.661. The van der Waals surface area contributed by atoms with E-state index in [4.69, 9.17) is 11.5 Å². The van der Waals surface area contributed by atoms with Crippen LogP contribution < -0.4 is 16.2 Å². The molecule has 5 nitrogen and oxygen atoms in total. The zero-order valence-corrected chi connectivity index (χ0v) is 10.3. The minimum atomic E-state index is -1.15. The fourth-order valence-electron chi connectivity index (χ4n) is 1.66. The molecule has 0 radical (unpaired) electrons. The van der Waals surface area contributed by atoms with E-state index in [0.717, 1.165) is 0 Å². The first-order valence-corrected chi connectivity index (χ1v) is 5.65. The van der Waals surface area contributed by atoms with E-state index in [1.165, 1.54) is 42.5 Å². The van der Waals surface area contributed by atoms with Crippen molar-refractivity contribution >= 4 is 17.6 Å². The molecule has 4 N–H and O–H groups in total. The Morgan fingerprint density at radius 3 is 2.30 bits per heavy atom. The molecule has 0 aromatic heterocycles. The van der Waals surface area contributed by atoms with Gasteiger partial charge < -0.3 is 16.2 Å². The predicted octanol–water partition coefficient (Wildman–Crippen LogP) is 2.10. The first-order valence-electron chi connectivity index (χ1n) is 5.65. The van der Waals surface area contributed by atoms with Gasteiger partial charge in [0.25, 0.3) is 0 Å². The molecule has 0 aliphatic rings. The lowest BCUT2D eigenvalue weighted by atomic mass is 10.0. The molecule has 0 atom stereocenters. The molecule has 0 saturated carbocycles. The highest BCUT2D eigenvalue weighted by molar-refractivity contribution is 6.09. The maximum atomic E-state index is 14.1. The number of benzene rings is 2. The first kappa shape index (κ1) is 13.5. The lowest BCUT2D eigenvalue weighted by molar-refractivity contribution is 0.103. The average molecular weight is 274 g/mol. The Morgan fingerprint density at radius 1 is 1.05 bits per heavy atom. The van der Waals surface area contributed by atoms with Gasteiger partial charge in [0.1, 0.15) is 0 Å². The molecule has 2 rings (SSSR count). The van der Waals surface area contributed by atoms with Gasteiger partial charge in [0, 0.05) is 11.3 Å². The van der Waals surface area contributed by atoms with Crippen molar-refractivity contribution in [3.63, 3.8) is 0 Å². The summed E-state index contributed by atoms with van der Waals surface area (Å²) in [7, 11) is 0. The van der Waals surface area contributed by atoms with Crippen molar-refractivity contribution in [1.82, 2.24) is 0 Å². The third-order valence-electron chi connectivity index (χ3n) is 2.59. The lowest BCUT2D eigenvalue weighted by Crippen LogP contribution is -2.17. The van der Waals surface area contributed by atoms with Crippen LogP contribution in [0.1, 0.15) is 15.9 Å². The molecule has 0 spiro atoms. The standard InChI is InChI=1S/C14H11FN2O3/c15-12-10(2-1-3-11(12)20-14(17)19)13(18)8-4-6-9(16)7-5-8/h1-7H,16H2,(H2,17,19). The van der Waals surface area contributed by atoms with Crippen molar-refractivity contribution in [3.8, 4) is 5.75 Å². The molecular weight excluding hydrogens is 263 g/mol. The summed E-state index contributed by atoms with van der Waals surface area (Å²) < 4.78 is 18.6. The van der Waals surface area contributed by atoms with E-state index in [2.05, 4.69) is 4.74 Å². The lowest BCUT2D eigenvalue weighted by Gasteiger charge is -2.07. The second kappa shape index (κ2) is 5.40. The van der Waals surface area contributed by atoms with Crippen LogP contribution in [0.15, 0.2) is 42.5 Å². The summed E-state index contributed by atoms with van der Waals surface area (Å²) in [5.74, 6) is -1.87. The van der Waals surface area contributed by atoms with Gasteiger partial charge in [-0.05, 0) is 36.4 Å². The second-order valence-electron chi connectivity index (χ2n) is 3.99. The number of hydrogen-bond donors (Lipinski definition) is 2. The Kier molecular flexibility index (Phi) is 3.65. The Hall–Kier alpha value is -2.89. The first-order chi connectivity index (χ1) is 9.49. The summed E-state index contributed by atoms with van der Waals surface area (Å²) in [5.41, 5.74) is 10.9. The van der Waals surface area contributed by atoms with Gasteiger partial charge in [0.05, 0.1) is 5.56 Å². The molecule has 0 heterocycles. The van der Waals surface area contributed by atoms with Gasteiger partial charge >= 0.3 is 6.09 Å². The van der Waals surface area contributed by atoms with Gasteiger partial charge in [-0.1, -0.05) is 6.07 Å². The zero-order valence-electron chi connectivity index (χ0n) is 10.3. The maximum absolute atomic E-state index is 14.1. The van der Waals surface area contributed by atoms with Crippen LogP contribution in [-0.4, -0.2) is 11.9 Å². The Labute approximate surface area is 114 Å². The zero-order chi connectivity index (χ0) is 14.7. The fourth-order valence-corrected chi connectivity index (χ4v) is 1.66. The van der Waals surface area contributed by atoms with Crippen molar-refractivity contribution in [2.24, 2.45) is 5.73 Å². The monoisotopic (exact) mass is 274 g/mol. The van der Waals surface area contributed by atoms with Gasteiger partial charge in [-0.25, -0.2) is 9.18 Å². The Bertz CT molecular complexity index is 669. The smallest absolute Gasteiger partial charge is 0.407 e. The summed E-state index contributed by atoms with van der Waals surface area (Å²) in [6.45, 7) is 0. The fraction of sp³-hybridized carbons (Fsp3) is 0. The van der Waals surface area contributed by atoms with Crippen LogP contribution in [-0.2, 0) is 0 Å². The predicted molar refractivity (Wildman–Crippen MR) is 70.9 cm³/mol. The molecule has 0 saturated heterocycles. The van der Waals surface area contributed by atoms with E-state index in [-0.39, 0.29) is 11.1 Å². The van der Waals surface area contributed by atoms with E-state index in [1.807, 2.05) is 0 Å². The van der Waals surface area contributed by atoms with Crippen LogP contribution in [0, 0.1) is 5.82 Å². The number of halogens is 1. The van der Waals surface area contributed by atoms with Crippen LogP contribution in [0.3, 0.4) is 0 Å². The van der Waals surface area contributed by atoms with Crippen LogP contribution in [0.25, 0.3) is 0 Å². The number of amides is 1. The third-order valence-corrected chi connectivity index (χ3v) is 2.59. The number of rotatable bonds is 3. The summed E-state index contributed by atoms with van der Waals surface area (Å²) in [4.78, 5) is 22.8. The van der Waals surface area contributed by atoms with Gasteiger partial charge in [0.2, 0.25) is 0 Å². The van der Waals surface area contributed by atoms with Crippen molar-refractivity contribution in [3.05, 3.63) is 59.4 Å². The molecule has 2 aromatic carbocycles. The molecule has 2 aromatic rings. The number of nitrogen functional groups attached to an aromatic ring is 1. The molecule has 0 aliphatic carbocycles. The minimum absolute atomic E-state index is 0.214.